The van der Waals surface area contributed by atoms with Crippen molar-refractivity contribution in [2.75, 3.05) is 29.1 Å². The van der Waals surface area contributed by atoms with Crippen LogP contribution in [0, 0.1) is 11.3 Å². The van der Waals surface area contributed by atoms with Crippen LogP contribution in [0.3, 0.4) is 0 Å². The van der Waals surface area contributed by atoms with Gasteiger partial charge in [-0.05, 0) is 60.7 Å². The molecule has 3 aromatic carbocycles. The summed E-state index contributed by atoms with van der Waals surface area (Å²) in [6.07, 6.45) is 3.35. The summed E-state index contributed by atoms with van der Waals surface area (Å²) in [6, 6.07) is 22.1. The zero-order valence-corrected chi connectivity index (χ0v) is 20.5. The van der Waals surface area contributed by atoms with E-state index in [2.05, 4.69) is 35.7 Å². The Morgan fingerprint density at radius 3 is 2.56 bits per heavy atom. The highest BCUT2D eigenvalue weighted by atomic mass is 32.2. The number of fused-ring (bicyclic) bond motifs is 2. The van der Waals surface area contributed by atoms with Gasteiger partial charge in [-0.3, -0.25) is 9.69 Å². The predicted octanol–water partition coefficient (Wildman–Crippen LogP) is 6.71. The Hall–Kier alpha value is -3.08. The zero-order valence-electron chi connectivity index (χ0n) is 18.9. The number of para-hydroxylation sites is 2. The molecule has 0 saturated heterocycles. The molecule has 0 radical (unpaired) electrons. The average Bonchev–Trinajstić information content (AvgIpc) is 3.49. The van der Waals surface area contributed by atoms with Gasteiger partial charge in [-0.1, -0.05) is 30.7 Å². The van der Waals surface area contributed by atoms with Crippen molar-refractivity contribution in [3.63, 3.8) is 0 Å². The van der Waals surface area contributed by atoms with E-state index in [1.165, 1.54) is 17.0 Å². The fraction of sp³-hybridized carbons (Fsp3) is 0.259. The average molecular weight is 488 g/mol. The van der Waals surface area contributed by atoms with E-state index < -0.39 is 0 Å². The summed E-state index contributed by atoms with van der Waals surface area (Å²) in [5.41, 5.74) is 4.22. The molecular weight excluding hydrogens is 462 g/mol. The van der Waals surface area contributed by atoms with Crippen molar-refractivity contribution < 1.29 is 9.53 Å². The van der Waals surface area contributed by atoms with Crippen molar-refractivity contribution in [2.45, 2.75) is 35.0 Å². The van der Waals surface area contributed by atoms with Gasteiger partial charge < -0.3 is 10.1 Å². The van der Waals surface area contributed by atoms with E-state index >= 15 is 0 Å². The van der Waals surface area contributed by atoms with Crippen molar-refractivity contribution in [2.24, 2.45) is 0 Å². The molecule has 34 heavy (non-hydrogen) atoms. The van der Waals surface area contributed by atoms with Gasteiger partial charge in [-0.2, -0.15) is 5.26 Å². The van der Waals surface area contributed by atoms with E-state index in [0.717, 1.165) is 34.9 Å². The number of nitrogens with one attached hydrogen (secondary N) is 1. The number of nitriles is 1. The van der Waals surface area contributed by atoms with Crippen LogP contribution in [0.2, 0.25) is 0 Å². The van der Waals surface area contributed by atoms with Crippen LogP contribution in [-0.2, 0) is 0 Å². The van der Waals surface area contributed by atoms with Crippen molar-refractivity contribution in [3.8, 4) is 11.8 Å². The summed E-state index contributed by atoms with van der Waals surface area (Å²) in [5.74, 6) is 2.58. The number of benzene rings is 3. The number of methoxy groups -OCH3 is 1. The Labute approximate surface area is 208 Å². The number of hydrogen-bond acceptors (Lipinski definition) is 6. The summed E-state index contributed by atoms with van der Waals surface area (Å²) in [6.45, 7) is 0. The molecule has 0 atom stereocenters. The minimum Gasteiger partial charge on any atom is -0.495 e. The topological polar surface area (TPSA) is 65.4 Å². The van der Waals surface area contributed by atoms with Crippen LogP contribution in [0.25, 0.3) is 0 Å². The lowest BCUT2D eigenvalue weighted by Crippen LogP contribution is -2.28. The van der Waals surface area contributed by atoms with Crippen LogP contribution in [0.15, 0.2) is 70.5 Å². The van der Waals surface area contributed by atoms with Crippen LogP contribution < -0.4 is 15.0 Å². The van der Waals surface area contributed by atoms with Crippen molar-refractivity contribution in [1.82, 2.24) is 0 Å². The van der Waals surface area contributed by atoms with Crippen LogP contribution in [0.4, 0.5) is 11.4 Å². The van der Waals surface area contributed by atoms with Gasteiger partial charge in [0.2, 0.25) is 0 Å². The molecule has 1 fully saturated rings. The first-order valence-electron chi connectivity index (χ1n) is 11.3. The Bertz CT molecular complexity index is 1240. The first kappa shape index (κ1) is 22.7. The molecule has 1 aliphatic carbocycles. The van der Waals surface area contributed by atoms with Gasteiger partial charge >= 0.3 is 0 Å². The molecule has 2 heterocycles. The Kier molecular flexibility index (Phi) is 6.70. The molecular formula is C27H25N3O2S2. The number of carbonyl (C=O) groups excluding carboxylic acids is 1. The van der Waals surface area contributed by atoms with Gasteiger partial charge in [0.05, 0.1) is 30.1 Å². The highest BCUT2D eigenvalue weighted by Crippen LogP contribution is 2.44. The molecule has 0 spiro atoms. The Morgan fingerprint density at radius 2 is 1.85 bits per heavy atom. The maximum absolute atomic E-state index is 13.1. The number of anilines is 2. The molecule has 6 rings (SSSR count). The Morgan fingerprint density at radius 1 is 1.09 bits per heavy atom. The van der Waals surface area contributed by atoms with E-state index in [9.17, 15) is 10.1 Å². The van der Waals surface area contributed by atoms with E-state index in [1.54, 1.807) is 29.8 Å². The molecule has 1 N–H and O–H groups in total. The number of ether oxygens (including phenoxy) is 1. The van der Waals surface area contributed by atoms with Gasteiger partial charge in [0.15, 0.2) is 0 Å². The molecule has 7 heteroatoms. The van der Waals surface area contributed by atoms with Crippen molar-refractivity contribution in [3.05, 3.63) is 77.4 Å². The molecule has 2 aliphatic heterocycles. The normalized spacial score (nSPS) is 15.7. The monoisotopic (exact) mass is 487 g/mol. The number of thioether (sulfide) groups is 2. The van der Waals surface area contributed by atoms with Gasteiger partial charge in [0, 0.05) is 21.0 Å². The Balaban J connectivity index is 0.000000222. The second-order valence-electron chi connectivity index (χ2n) is 8.32. The van der Waals surface area contributed by atoms with Gasteiger partial charge in [-0.25, -0.2) is 0 Å². The minimum absolute atomic E-state index is 0.0582. The fourth-order valence-corrected chi connectivity index (χ4v) is 6.25. The summed E-state index contributed by atoms with van der Waals surface area (Å²) in [4.78, 5) is 17.4. The van der Waals surface area contributed by atoms with Gasteiger partial charge in [-0.15, -0.1) is 23.5 Å². The fourth-order valence-electron chi connectivity index (χ4n) is 4.37. The number of hydrogen-bond donors (Lipinski definition) is 1. The lowest BCUT2D eigenvalue weighted by molar-refractivity contribution is 0.0991. The van der Waals surface area contributed by atoms with Crippen molar-refractivity contribution >= 4 is 40.8 Å². The first-order valence-corrected chi connectivity index (χ1v) is 13.3. The number of carbonyl (C=O) groups is 1. The van der Waals surface area contributed by atoms with E-state index in [4.69, 9.17) is 4.74 Å². The smallest absolute Gasteiger partial charge is 0.259 e. The lowest BCUT2D eigenvalue weighted by atomic mass is 9.78. The largest absolute Gasteiger partial charge is 0.495 e. The third kappa shape index (κ3) is 4.36. The van der Waals surface area contributed by atoms with Crippen LogP contribution in [-0.4, -0.2) is 24.8 Å². The van der Waals surface area contributed by atoms with Crippen LogP contribution >= 0.6 is 23.5 Å². The first-order chi connectivity index (χ1) is 16.7. The summed E-state index contributed by atoms with van der Waals surface area (Å²) >= 11 is 3.51. The number of amides is 1. The highest BCUT2D eigenvalue weighted by molar-refractivity contribution is 8.00. The molecule has 0 bridgehead atoms. The summed E-state index contributed by atoms with van der Waals surface area (Å²) in [7, 11) is 1.59. The van der Waals surface area contributed by atoms with E-state index in [-0.39, 0.29) is 5.91 Å². The molecule has 0 unspecified atom stereocenters. The van der Waals surface area contributed by atoms with Crippen LogP contribution in [0.5, 0.6) is 5.75 Å². The molecule has 3 aromatic rings. The summed E-state index contributed by atoms with van der Waals surface area (Å²) in [5, 5.41) is 12.8. The maximum Gasteiger partial charge on any atom is 0.259 e. The van der Waals surface area contributed by atoms with Gasteiger partial charge in [0.1, 0.15) is 11.8 Å². The maximum atomic E-state index is 13.1. The second-order valence-corrected chi connectivity index (χ2v) is 10.3. The molecule has 1 saturated carbocycles. The number of rotatable bonds is 3. The highest BCUT2D eigenvalue weighted by Gasteiger charge is 2.30. The van der Waals surface area contributed by atoms with E-state index in [0.29, 0.717) is 28.7 Å². The lowest BCUT2D eigenvalue weighted by Gasteiger charge is -2.28. The minimum atomic E-state index is -0.0582. The van der Waals surface area contributed by atoms with Crippen LogP contribution in [0.1, 0.15) is 46.7 Å². The standard InChI is InChI=1S/C20H18N2O2S.C7H7NS/c1-24-19-15(11-21)9-14(10-16(19)13-5-4-6-13)20(23)22-12-25-18-8-3-2-7-17(18)22;1-2-4-7-6(3-1)8-5-9-7/h2-3,7-10,13H,4-6,12H2,1H3;1-4,8H,5H2. The molecule has 1 amide bonds. The molecule has 172 valence electrons. The SMILES string of the molecule is COc1c(C#N)cc(C(=O)N2CSc3ccccc32)cc1C1CCC1.c1ccc2c(c1)NCS2. The third-order valence-electron chi connectivity index (χ3n) is 6.36. The summed E-state index contributed by atoms with van der Waals surface area (Å²) < 4.78 is 5.49. The molecule has 0 aromatic heterocycles. The second kappa shape index (κ2) is 10.0. The van der Waals surface area contributed by atoms with Gasteiger partial charge in [0.25, 0.3) is 5.91 Å². The third-order valence-corrected chi connectivity index (χ3v) is 8.36. The predicted molar refractivity (Wildman–Crippen MR) is 139 cm³/mol. The number of nitrogens with zero attached hydrogens (tertiary/aromatic N) is 2. The quantitative estimate of drug-likeness (QED) is 0.443. The van der Waals surface area contributed by atoms with E-state index in [1.807, 2.05) is 42.1 Å². The van der Waals surface area contributed by atoms with Crippen molar-refractivity contribution in [1.29, 1.82) is 5.26 Å². The molecule has 5 nitrogen and oxygen atoms in total. The zero-order chi connectivity index (χ0) is 23.5. The molecule has 3 aliphatic rings.